The van der Waals surface area contributed by atoms with E-state index in [2.05, 4.69) is 48.9 Å². The van der Waals surface area contributed by atoms with Gasteiger partial charge in [0.25, 0.3) is 0 Å². The van der Waals surface area contributed by atoms with Crippen LogP contribution in [0.25, 0.3) is 21.6 Å². The first-order valence-electron chi connectivity index (χ1n) is 1.71. The minimum Gasteiger partial charge on any atom is -0.753 e. The van der Waals surface area contributed by atoms with E-state index in [9.17, 15) is 0 Å². The molecule has 0 aromatic carbocycles. The summed E-state index contributed by atoms with van der Waals surface area (Å²) in [5.74, 6) is 0. The fourth-order valence-electron chi connectivity index (χ4n) is 0. The Kier molecular flexibility index (Phi) is 264. The maximum Gasteiger partial charge on any atom is 0 e. The van der Waals surface area contributed by atoms with Crippen molar-refractivity contribution in [1.29, 1.82) is 0 Å². The van der Waals surface area contributed by atoms with Crippen molar-refractivity contribution in [3.05, 3.63) is 21.6 Å². The molecule has 1 radical (unpaired) electrons. The van der Waals surface area contributed by atoms with Crippen molar-refractivity contribution < 1.29 is 44.4 Å². The monoisotopic (exact) mass is 493 g/mol. The Morgan fingerprint density at radius 3 is 0.571 bits per heavy atom. The number of rotatable bonds is 0. The summed E-state index contributed by atoms with van der Waals surface area (Å²) in [6.45, 7) is 0. The topological polar surface area (TPSA) is 89.2 Å². The van der Waals surface area contributed by atoms with Crippen LogP contribution in [0.5, 0.6) is 0 Å². The summed E-state index contributed by atoms with van der Waals surface area (Å²) >= 11 is 14.8. The van der Waals surface area contributed by atoms with Crippen LogP contribution in [-0.4, -0.2) is 20.6 Å². The van der Waals surface area contributed by atoms with Crippen LogP contribution in [0.15, 0.2) is 0 Å². The van der Waals surface area contributed by atoms with E-state index in [0.717, 1.165) is 0 Å². The third kappa shape index (κ3) is 4160. The summed E-state index contributed by atoms with van der Waals surface area (Å²) in [6.07, 6.45) is 0. The molecular formula is C4CoHgN4S4-4. The Hall–Kier alpha value is 0.642. The van der Waals surface area contributed by atoms with Gasteiger partial charge in [-0.2, -0.15) is 20.6 Å². The van der Waals surface area contributed by atoms with Gasteiger partial charge in [0, 0.05) is 44.4 Å². The van der Waals surface area contributed by atoms with Gasteiger partial charge in [0.05, 0.1) is 0 Å². The van der Waals surface area contributed by atoms with Gasteiger partial charge >= 0.3 is 0 Å². The molecule has 0 fully saturated rings. The van der Waals surface area contributed by atoms with Crippen molar-refractivity contribution in [2.45, 2.75) is 0 Å². The molecule has 75 valence electrons. The number of hydrogen-bond acceptors (Lipinski definition) is 4. The first-order valence-corrected chi connectivity index (χ1v) is 3.34. The molecule has 0 aromatic heterocycles. The quantitative estimate of drug-likeness (QED) is 0.296. The largest absolute Gasteiger partial charge is 0.753 e. The molecule has 0 bridgehead atoms. The second-order valence-electron chi connectivity index (χ2n) is 0.365. The van der Waals surface area contributed by atoms with Crippen molar-refractivity contribution in [1.82, 2.24) is 0 Å². The molecule has 0 spiro atoms. The van der Waals surface area contributed by atoms with Gasteiger partial charge in [-0.05, 0) is 0 Å². The van der Waals surface area contributed by atoms with Gasteiger partial charge < -0.3 is 21.6 Å². The molecule has 0 saturated heterocycles. The molecule has 4 nitrogen and oxygen atoms in total. The number of nitrogens with zero attached hydrogens (tertiary/aromatic N) is 4. The van der Waals surface area contributed by atoms with Gasteiger partial charge in [-0.3, -0.25) is 0 Å². The van der Waals surface area contributed by atoms with Crippen LogP contribution >= 0.6 is 48.9 Å². The number of isothiocyanates is 4. The summed E-state index contributed by atoms with van der Waals surface area (Å²) < 4.78 is 0. The second-order valence-corrected chi connectivity index (χ2v) is 1.10. The van der Waals surface area contributed by atoms with Crippen LogP contribution in [0.1, 0.15) is 0 Å². The summed E-state index contributed by atoms with van der Waals surface area (Å²) in [7, 11) is 0. The van der Waals surface area contributed by atoms with Crippen molar-refractivity contribution in [3.63, 3.8) is 0 Å². The summed E-state index contributed by atoms with van der Waals surface area (Å²) in [4.78, 5) is 0. The number of thiocarbonyl (C=S) groups is 4. The fraction of sp³-hybridized carbons (Fsp3) is 0. The van der Waals surface area contributed by atoms with Gasteiger partial charge in [-0.25, -0.2) is 0 Å². The van der Waals surface area contributed by atoms with Gasteiger partial charge in [-0.1, -0.05) is 48.9 Å². The van der Waals surface area contributed by atoms with E-state index in [1.54, 1.807) is 0 Å². The fourth-order valence-corrected chi connectivity index (χ4v) is 0. The van der Waals surface area contributed by atoms with Gasteiger partial charge in [0.2, 0.25) is 0 Å². The zero-order chi connectivity index (χ0) is 10.8. The molecule has 10 heteroatoms. The van der Waals surface area contributed by atoms with E-state index < -0.39 is 0 Å². The molecule has 0 saturated carbocycles. The van der Waals surface area contributed by atoms with E-state index in [-0.39, 0.29) is 44.4 Å². The second kappa shape index (κ2) is 101. The molecule has 0 rings (SSSR count). The maximum atomic E-state index is 7.13. The molecule has 0 aliphatic carbocycles. The smallest absolute Gasteiger partial charge is 0 e. The van der Waals surface area contributed by atoms with Crippen molar-refractivity contribution in [2.24, 2.45) is 0 Å². The first kappa shape index (κ1) is 36.5. The summed E-state index contributed by atoms with van der Waals surface area (Å²) in [6, 6.07) is 0. The van der Waals surface area contributed by atoms with E-state index >= 15 is 0 Å². The third-order valence-corrected chi connectivity index (χ3v) is 0. The average Bonchev–Trinajstić information content (AvgIpc) is 1.92. The Bertz CT molecular complexity index is 161. The van der Waals surface area contributed by atoms with Crippen LogP contribution in [-0.2, 0) is 44.4 Å². The average molecular weight is 492 g/mol. The van der Waals surface area contributed by atoms with E-state index in [1.807, 2.05) is 0 Å². The summed E-state index contributed by atoms with van der Waals surface area (Å²) in [5.41, 5.74) is 0. The van der Waals surface area contributed by atoms with Crippen molar-refractivity contribution >= 4 is 69.5 Å². The molecule has 0 atom stereocenters. The van der Waals surface area contributed by atoms with Gasteiger partial charge in [0.1, 0.15) is 0 Å². The Morgan fingerprint density at radius 1 is 0.571 bits per heavy atom. The SMILES string of the molecule is [Co].[Hg].[N-]=C=S.[N-]=C=S.[N-]=C=S.[N-]=C=S. The van der Waals surface area contributed by atoms with Crippen LogP contribution in [0.2, 0.25) is 0 Å². The predicted molar refractivity (Wildman–Crippen MR) is 63.8 cm³/mol. The maximum absolute atomic E-state index is 7.13. The van der Waals surface area contributed by atoms with Crippen LogP contribution in [0.4, 0.5) is 0 Å². The molecule has 0 unspecified atom stereocenters. The molecule has 0 amide bonds. The van der Waals surface area contributed by atoms with Crippen LogP contribution in [0.3, 0.4) is 0 Å². The molecule has 0 aliphatic heterocycles. The molecular weight excluding hydrogens is 492 g/mol. The minimum atomic E-state index is 0. The van der Waals surface area contributed by atoms with Crippen molar-refractivity contribution in [3.8, 4) is 0 Å². The normalized spacial score (nSPS) is 2.29. The predicted octanol–water partition coefficient (Wildman–Crippen LogP) is 2.63. The Balaban J connectivity index is -0.0000000145. The van der Waals surface area contributed by atoms with Crippen molar-refractivity contribution in [2.75, 3.05) is 0 Å². The molecule has 0 aromatic rings. The van der Waals surface area contributed by atoms with E-state index in [4.69, 9.17) is 21.6 Å². The van der Waals surface area contributed by atoms with E-state index in [1.165, 1.54) is 20.6 Å². The summed E-state index contributed by atoms with van der Waals surface area (Å²) in [5, 5.41) is 33.9. The first-order chi connectivity index (χ1) is 5.66. The molecule has 0 heterocycles. The molecule has 0 N–H and O–H groups in total. The third-order valence-electron chi connectivity index (χ3n) is 0. The zero-order valence-electron chi connectivity index (χ0n) is 6.46. The van der Waals surface area contributed by atoms with Crippen LogP contribution in [0, 0.1) is 0 Å². The van der Waals surface area contributed by atoms with Gasteiger partial charge in [-0.15, -0.1) is 0 Å². The number of hydrogen-bond donors (Lipinski definition) is 0. The molecule has 0 aliphatic rings. The van der Waals surface area contributed by atoms with Gasteiger partial charge in [0.15, 0.2) is 0 Å². The standard InChI is InChI=1S/4CNS.Co.Hg/c4*2-1-3;;/q4*-1;;. The minimum absolute atomic E-state index is 0. The van der Waals surface area contributed by atoms with E-state index in [0.29, 0.717) is 0 Å². The van der Waals surface area contributed by atoms with Crippen LogP contribution < -0.4 is 0 Å². The Morgan fingerprint density at radius 2 is 0.571 bits per heavy atom. The Labute approximate surface area is 134 Å². The zero-order valence-corrected chi connectivity index (χ0v) is 16.3. The molecule has 14 heavy (non-hydrogen) atoms.